The van der Waals surface area contributed by atoms with Gasteiger partial charge in [-0.1, -0.05) is 347 Å². The average molecular weight is 1040 g/mol. The number of unbranched alkanes of at least 4 members (excludes halogenated alkanes) is 53. The van der Waals surface area contributed by atoms with Crippen molar-refractivity contribution in [3.63, 3.8) is 0 Å². The summed E-state index contributed by atoms with van der Waals surface area (Å²) < 4.78 is 10.6. The topological polar surface area (TPSA) is 93.1 Å². The quantitative estimate of drug-likeness (QED) is 0.0358. The van der Waals surface area contributed by atoms with Crippen LogP contribution in [-0.2, 0) is 19.1 Å². The van der Waals surface area contributed by atoms with Crippen LogP contribution >= 0.6 is 0 Å². The molecule has 1 atom stereocenters. The van der Waals surface area contributed by atoms with E-state index in [0.29, 0.717) is 6.42 Å². The highest BCUT2D eigenvalue weighted by Crippen LogP contribution is 2.25. The summed E-state index contributed by atoms with van der Waals surface area (Å²) in [5, 5.41) is 19.2. The second-order valence-electron chi connectivity index (χ2n) is 24.2. The third kappa shape index (κ3) is 48.9. The van der Waals surface area contributed by atoms with E-state index in [1.54, 1.807) is 0 Å². The molecule has 438 valence electrons. The van der Waals surface area contributed by atoms with E-state index in [-0.39, 0.29) is 19.6 Å². The van der Waals surface area contributed by atoms with Gasteiger partial charge >= 0.3 is 11.9 Å². The van der Waals surface area contributed by atoms with Crippen LogP contribution in [0, 0.1) is 11.3 Å². The number of esters is 2. The lowest BCUT2D eigenvalue weighted by molar-refractivity contribution is -0.155. The lowest BCUT2D eigenvalue weighted by Crippen LogP contribution is -2.40. The number of aliphatic hydroxyl groups excluding tert-OH is 2. The molecule has 0 amide bonds. The molecule has 0 saturated carbocycles. The van der Waals surface area contributed by atoms with Crippen molar-refractivity contribution in [3.05, 3.63) is 12.2 Å². The molecule has 0 bridgehead atoms. The molecule has 1 saturated heterocycles. The van der Waals surface area contributed by atoms with Gasteiger partial charge in [-0.3, -0.25) is 9.59 Å². The maximum Gasteiger partial charge on any atom is 0.309 e. The first kappa shape index (κ1) is 70.6. The minimum absolute atomic E-state index is 0.000817. The molecule has 0 aliphatic carbocycles. The lowest BCUT2D eigenvalue weighted by atomic mass is 9.92. The minimum Gasteiger partial charge on any atom is -0.465 e. The summed E-state index contributed by atoms with van der Waals surface area (Å²) in [6.45, 7) is 1.20. The number of hydrogen-bond donors (Lipinski definition) is 2. The molecule has 6 nitrogen and oxygen atoms in total. The predicted molar refractivity (Wildman–Crippen MR) is 320 cm³/mol. The van der Waals surface area contributed by atoms with Crippen LogP contribution in [0.4, 0.5) is 0 Å². The van der Waals surface area contributed by atoms with E-state index in [4.69, 9.17) is 9.47 Å². The van der Waals surface area contributed by atoms with Crippen LogP contribution in [0.2, 0.25) is 0 Å². The van der Waals surface area contributed by atoms with Crippen molar-refractivity contribution in [1.82, 2.24) is 0 Å². The third-order valence-electron chi connectivity index (χ3n) is 16.8. The fraction of sp³-hybridized carbons (Fsp3) is 0.941. The highest BCUT2D eigenvalue weighted by Gasteiger charge is 2.36. The molecule has 1 aliphatic heterocycles. The van der Waals surface area contributed by atoms with Crippen LogP contribution < -0.4 is 0 Å². The number of aliphatic hydroxyl groups is 2. The monoisotopic (exact) mass is 1040 g/mol. The van der Waals surface area contributed by atoms with E-state index >= 15 is 0 Å². The van der Waals surface area contributed by atoms with E-state index in [0.717, 1.165) is 19.3 Å². The Morgan fingerprint density at radius 2 is 0.581 bits per heavy atom. The number of ether oxygens (including phenoxy) is 2. The van der Waals surface area contributed by atoms with Crippen LogP contribution in [0.15, 0.2) is 12.2 Å². The second-order valence-corrected chi connectivity index (χ2v) is 24.2. The Hall–Kier alpha value is -1.40. The van der Waals surface area contributed by atoms with Gasteiger partial charge < -0.3 is 19.7 Å². The Kier molecular flexibility index (Phi) is 55.1. The van der Waals surface area contributed by atoms with Gasteiger partial charge in [-0.15, -0.1) is 0 Å². The highest BCUT2D eigenvalue weighted by atomic mass is 16.6. The van der Waals surface area contributed by atoms with Gasteiger partial charge in [0.1, 0.15) is 13.2 Å². The SMILES string of the molecule is CCCCCCCCCCCCCCCCCCCCCCCCCCCCCCCCCCCCCCCCCCCCCC/C=C/CCCCCCCCCCCC1CC(=O)OCC(CO)(CO)COC1=O. The number of rotatable bonds is 59. The molecule has 0 aromatic rings. The van der Waals surface area contributed by atoms with Gasteiger partial charge in [-0.2, -0.15) is 0 Å². The van der Waals surface area contributed by atoms with Crippen molar-refractivity contribution in [2.24, 2.45) is 11.3 Å². The van der Waals surface area contributed by atoms with Gasteiger partial charge in [0.2, 0.25) is 0 Å². The summed E-state index contributed by atoms with van der Waals surface area (Å²) in [7, 11) is 0. The predicted octanol–water partition coefficient (Wildman–Crippen LogP) is 21.5. The van der Waals surface area contributed by atoms with Crippen molar-refractivity contribution < 1.29 is 29.3 Å². The van der Waals surface area contributed by atoms with E-state index in [1.165, 1.54) is 334 Å². The van der Waals surface area contributed by atoms with Crippen molar-refractivity contribution in [1.29, 1.82) is 0 Å². The maximum atomic E-state index is 12.5. The molecular formula is C68H130O6. The summed E-state index contributed by atoms with van der Waals surface area (Å²) in [6.07, 6.45) is 83.2. The Labute approximate surface area is 462 Å². The largest absolute Gasteiger partial charge is 0.465 e. The molecule has 0 aromatic carbocycles. The average Bonchev–Trinajstić information content (AvgIpc) is 3.47. The van der Waals surface area contributed by atoms with Gasteiger partial charge in [0.05, 0.1) is 31.0 Å². The number of cyclic esters (lactones) is 2. The van der Waals surface area contributed by atoms with Crippen LogP contribution in [-0.4, -0.2) is 48.6 Å². The first-order valence-electron chi connectivity index (χ1n) is 33.8. The fourth-order valence-electron chi connectivity index (χ4n) is 11.3. The lowest BCUT2D eigenvalue weighted by Gasteiger charge is -2.27. The van der Waals surface area contributed by atoms with E-state index < -0.39 is 36.5 Å². The van der Waals surface area contributed by atoms with E-state index in [9.17, 15) is 19.8 Å². The van der Waals surface area contributed by atoms with E-state index in [2.05, 4.69) is 19.1 Å². The summed E-state index contributed by atoms with van der Waals surface area (Å²) in [4.78, 5) is 24.7. The van der Waals surface area contributed by atoms with Crippen LogP contribution in [0.3, 0.4) is 0 Å². The zero-order valence-electron chi connectivity index (χ0n) is 49.9. The number of allylic oxidation sites excluding steroid dienone is 2. The Bertz CT molecular complexity index is 1160. The fourth-order valence-corrected chi connectivity index (χ4v) is 11.3. The van der Waals surface area contributed by atoms with Crippen molar-refractivity contribution in [2.45, 2.75) is 373 Å². The molecule has 1 fully saturated rings. The molecule has 2 N–H and O–H groups in total. The Morgan fingerprint density at radius 3 is 0.838 bits per heavy atom. The summed E-state index contributed by atoms with van der Waals surface area (Å²) in [6, 6.07) is 0. The molecule has 0 spiro atoms. The maximum absolute atomic E-state index is 12.5. The molecular weight excluding hydrogens is 913 g/mol. The van der Waals surface area contributed by atoms with Gasteiger partial charge in [-0.05, 0) is 32.1 Å². The van der Waals surface area contributed by atoms with Gasteiger partial charge in [0.15, 0.2) is 0 Å². The van der Waals surface area contributed by atoms with Gasteiger partial charge in [0.25, 0.3) is 0 Å². The van der Waals surface area contributed by atoms with Crippen molar-refractivity contribution >= 4 is 11.9 Å². The van der Waals surface area contributed by atoms with Crippen molar-refractivity contribution in [3.8, 4) is 0 Å². The van der Waals surface area contributed by atoms with Crippen LogP contribution in [0.1, 0.15) is 373 Å². The number of carbonyl (C=O) groups is 2. The highest BCUT2D eigenvalue weighted by molar-refractivity contribution is 5.80. The second kappa shape index (κ2) is 57.8. The standard InChI is InChI=1S/C68H130O6/c1-2-3-4-5-6-7-8-9-10-11-12-13-14-15-16-17-18-19-20-21-22-23-24-25-26-27-28-29-30-31-32-33-34-35-36-37-38-39-40-41-42-43-44-45-46-47-48-49-50-51-52-53-54-55-56-57-58-59-65-60-66(71)73-63-68(61-69,62-70)64-74-67(65)72/h47-48,65,69-70H,2-46,49-64H2,1H3/b48-47+. The summed E-state index contributed by atoms with van der Waals surface area (Å²) in [5.74, 6) is -1.41. The molecule has 6 heteroatoms. The van der Waals surface area contributed by atoms with Crippen LogP contribution in [0.5, 0.6) is 0 Å². The third-order valence-corrected chi connectivity index (χ3v) is 16.8. The van der Waals surface area contributed by atoms with Gasteiger partial charge in [-0.25, -0.2) is 0 Å². The molecule has 1 unspecified atom stereocenters. The summed E-state index contributed by atoms with van der Waals surface area (Å²) >= 11 is 0. The zero-order chi connectivity index (χ0) is 53.2. The number of hydrogen-bond acceptors (Lipinski definition) is 6. The molecule has 0 radical (unpaired) electrons. The van der Waals surface area contributed by atoms with E-state index in [1.807, 2.05) is 0 Å². The molecule has 1 heterocycles. The smallest absolute Gasteiger partial charge is 0.309 e. The molecule has 1 rings (SSSR count). The van der Waals surface area contributed by atoms with Crippen LogP contribution in [0.25, 0.3) is 0 Å². The molecule has 0 aromatic heterocycles. The van der Waals surface area contributed by atoms with Crippen molar-refractivity contribution in [2.75, 3.05) is 26.4 Å². The molecule has 1 aliphatic rings. The van der Waals surface area contributed by atoms with Gasteiger partial charge in [0, 0.05) is 0 Å². The first-order chi connectivity index (χ1) is 36.6. The zero-order valence-corrected chi connectivity index (χ0v) is 49.9. The first-order valence-corrected chi connectivity index (χ1v) is 33.8. The Morgan fingerprint density at radius 1 is 0.351 bits per heavy atom. The normalized spacial score (nSPS) is 15.1. The molecule has 74 heavy (non-hydrogen) atoms. The summed E-state index contributed by atoms with van der Waals surface area (Å²) in [5.41, 5.74) is -1.13. The Balaban J connectivity index is 1.67. The minimum atomic E-state index is -1.13. The number of carbonyl (C=O) groups excluding carboxylic acids is 2.